The number of hydrogen-bond acceptors (Lipinski definition) is 3. The molecule has 1 rings (SSSR count). The minimum Gasteiger partial charge on any atom is -0.394 e. The van der Waals surface area contributed by atoms with Crippen molar-refractivity contribution >= 4 is 0 Å². The molecule has 2 N–H and O–H groups in total. The number of hydrogen-bond donors (Lipinski definition) is 2. The number of aliphatic hydroxyl groups excluding tert-OH is 1. The van der Waals surface area contributed by atoms with E-state index >= 15 is 0 Å². The maximum absolute atomic E-state index is 9.59. The molecule has 1 unspecified atom stereocenters. The maximum atomic E-state index is 9.59. The van der Waals surface area contributed by atoms with Crippen LogP contribution in [0, 0.1) is 5.92 Å². The molecule has 0 saturated carbocycles. The highest BCUT2D eigenvalue weighted by molar-refractivity contribution is 5.27. The van der Waals surface area contributed by atoms with Crippen molar-refractivity contribution in [3.63, 3.8) is 0 Å². The molecule has 1 aromatic heterocycles. The van der Waals surface area contributed by atoms with Crippen molar-refractivity contribution in [2.24, 2.45) is 13.0 Å². The summed E-state index contributed by atoms with van der Waals surface area (Å²) in [5.74, 6) is 0.564. The highest BCUT2D eigenvalue weighted by Crippen LogP contribution is 2.28. The third-order valence-electron chi connectivity index (χ3n) is 2.90. The Bertz CT molecular complexity index is 377. The molecule has 0 spiro atoms. The molecule has 0 bridgehead atoms. The second-order valence-corrected chi connectivity index (χ2v) is 6.39. The quantitative estimate of drug-likeness (QED) is 0.844. The Morgan fingerprint density at radius 3 is 2.44 bits per heavy atom. The molecular weight excluding hydrogens is 226 g/mol. The fourth-order valence-electron chi connectivity index (χ4n) is 2.00. The van der Waals surface area contributed by atoms with Crippen LogP contribution in [0.15, 0.2) is 6.20 Å². The topological polar surface area (TPSA) is 50.1 Å². The second-order valence-electron chi connectivity index (χ2n) is 6.39. The van der Waals surface area contributed by atoms with E-state index in [4.69, 9.17) is 0 Å². The van der Waals surface area contributed by atoms with Gasteiger partial charge in [0.2, 0.25) is 0 Å². The molecule has 0 amide bonds. The predicted octanol–water partition coefficient (Wildman–Crippen LogP) is 2.00. The summed E-state index contributed by atoms with van der Waals surface area (Å²) in [6.07, 6.45) is 2.01. The Labute approximate surface area is 110 Å². The van der Waals surface area contributed by atoms with Crippen molar-refractivity contribution in [1.82, 2.24) is 15.1 Å². The lowest BCUT2D eigenvalue weighted by Gasteiger charge is -2.23. The smallest absolute Gasteiger partial charge is 0.0726 e. The zero-order valence-electron chi connectivity index (χ0n) is 12.5. The van der Waals surface area contributed by atoms with Crippen LogP contribution < -0.4 is 5.32 Å². The molecule has 4 nitrogen and oxygen atoms in total. The van der Waals surface area contributed by atoms with E-state index in [0.29, 0.717) is 5.92 Å². The minimum atomic E-state index is -0.0321. The summed E-state index contributed by atoms with van der Waals surface area (Å²) in [5.41, 5.74) is 2.15. The fraction of sp³-hybridized carbons (Fsp3) is 0.786. The van der Waals surface area contributed by atoms with Crippen molar-refractivity contribution in [3.05, 3.63) is 17.5 Å². The van der Waals surface area contributed by atoms with Crippen LogP contribution >= 0.6 is 0 Å². The average Bonchev–Trinajstić information content (AvgIpc) is 2.60. The van der Waals surface area contributed by atoms with Gasteiger partial charge in [0.05, 0.1) is 18.3 Å². The summed E-state index contributed by atoms with van der Waals surface area (Å²) >= 11 is 0. The van der Waals surface area contributed by atoms with E-state index in [0.717, 1.165) is 17.8 Å². The summed E-state index contributed by atoms with van der Waals surface area (Å²) in [6, 6.07) is -0.0321. The Hall–Kier alpha value is -0.870. The third kappa shape index (κ3) is 3.82. The van der Waals surface area contributed by atoms with Gasteiger partial charge in [-0.15, -0.1) is 0 Å². The van der Waals surface area contributed by atoms with Gasteiger partial charge < -0.3 is 10.4 Å². The van der Waals surface area contributed by atoms with Crippen LogP contribution in [0.1, 0.15) is 51.9 Å². The number of aliphatic hydroxyl groups is 1. The van der Waals surface area contributed by atoms with Gasteiger partial charge in [-0.2, -0.15) is 5.10 Å². The van der Waals surface area contributed by atoms with Crippen molar-refractivity contribution < 1.29 is 5.11 Å². The number of aromatic nitrogens is 2. The highest BCUT2D eigenvalue weighted by atomic mass is 16.3. The van der Waals surface area contributed by atoms with Crippen LogP contribution in [0.3, 0.4) is 0 Å². The van der Waals surface area contributed by atoms with E-state index in [1.807, 2.05) is 17.9 Å². The summed E-state index contributed by atoms with van der Waals surface area (Å²) in [6.45, 7) is 11.8. The van der Waals surface area contributed by atoms with Crippen LogP contribution in [0.25, 0.3) is 0 Å². The molecule has 18 heavy (non-hydrogen) atoms. The molecule has 104 valence electrons. The monoisotopic (exact) mass is 253 g/mol. The molecule has 0 aliphatic rings. The molecule has 0 aliphatic carbocycles. The third-order valence-corrected chi connectivity index (χ3v) is 2.90. The van der Waals surface area contributed by atoms with E-state index < -0.39 is 0 Å². The van der Waals surface area contributed by atoms with Gasteiger partial charge in [-0.05, 0) is 12.5 Å². The Kier molecular flexibility index (Phi) is 4.93. The van der Waals surface area contributed by atoms with E-state index in [9.17, 15) is 5.11 Å². The summed E-state index contributed by atoms with van der Waals surface area (Å²) in [5, 5.41) is 17.5. The van der Waals surface area contributed by atoms with Gasteiger partial charge in [0.25, 0.3) is 0 Å². The normalized spacial score (nSPS) is 14.2. The zero-order chi connectivity index (χ0) is 13.9. The van der Waals surface area contributed by atoms with Crippen LogP contribution in [-0.2, 0) is 12.5 Å². The molecule has 1 atom stereocenters. The Morgan fingerprint density at radius 2 is 2.00 bits per heavy atom. The van der Waals surface area contributed by atoms with Gasteiger partial charge in [-0.3, -0.25) is 4.68 Å². The van der Waals surface area contributed by atoms with Crippen molar-refractivity contribution in [2.45, 2.75) is 46.1 Å². The first-order valence-corrected chi connectivity index (χ1v) is 6.64. The van der Waals surface area contributed by atoms with E-state index in [1.54, 1.807) is 0 Å². The first kappa shape index (κ1) is 15.2. The van der Waals surface area contributed by atoms with Crippen LogP contribution in [-0.4, -0.2) is 28.0 Å². The number of aryl methyl sites for hydroxylation is 1. The Morgan fingerprint density at radius 1 is 1.39 bits per heavy atom. The molecule has 0 radical (unpaired) electrons. The summed E-state index contributed by atoms with van der Waals surface area (Å²) < 4.78 is 1.83. The lowest BCUT2D eigenvalue weighted by atomic mass is 9.87. The van der Waals surface area contributed by atoms with Gasteiger partial charge in [0.1, 0.15) is 0 Å². The zero-order valence-corrected chi connectivity index (χ0v) is 12.5. The summed E-state index contributed by atoms with van der Waals surface area (Å²) in [7, 11) is 1.93. The fourth-order valence-corrected chi connectivity index (χ4v) is 2.00. The standard InChI is InChI=1S/C14H27N3O/c1-10(2)7-15-12(9-18)11-8-17(6)16-13(11)14(3,4)5/h8,10,12,15,18H,7,9H2,1-6H3. The van der Waals surface area contributed by atoms with Gasteiger partial charge in [0.15, 0.2) is 0 Å². The van der Waals surface area contributed by atoms with Crippen molar-refractivity contribution in [1.29, 1.82) is 0 Å². The van der Waals surface area contributed by atoms with Gasteiger partial charge in [0, 0.05) is 24.2 Å². The molecule has 1 aromatic rings. The summed E-state index contributed by atoms with van der Waals surface area (Å²) in [4.78, 5) is 0. The predicted molar refractivity (Wildman–Crippen MR) is 74.6 cm³/mol. The number of nitrogens with one attached hydrogen (secondary N) is 1. The number of rotatable bonds is 5. The maximum Gasteiger partial charge on any atom is 0.0726 e. The second kappa shape index (κ2) is 5.85. The molecule has 0 aliphatic heterocycles. The molecule has 4 heteroatoms. The molecule has 1 heterocycles. The van der Waals surface area contributed by atoms with Crippen LogP contribution in [0.2, 0.25) is 0 Å². The lowest BCUT2D eigenvalue weighted by Crippen LogP contribution is -2.30. The van der Waals surface area contributed by atoms with Crippen LogP contribution in [0.5, 0.6) is 0 Å². The van der Waals surface area contributed by atoms with Gasteiger partial charge in [-0.1, -0.05) is 34.6 Å². The van der Waals surface area contributed by atoms with Crippen molar-refractivity contribution in [2.75, 3.05) is 13.2 Å². The minimum absolute atomic E-state index is 0.0104. The SMILES string of the molecule is CC(C)CNC(CO)c1cn(C)nc1C(C)(C)C. The molecule has 0 saturated heterocycles. The molecule has 0 aromatic carbocycles. The van der Waals surface area contributed by atoms with E-state index in [-0.39, 0.29) is 18.1 Å². The Balaban J connectivity index is 2.98. The average molecular weight is 253 g/mol. The van der Waals surface area contributed by atoms with E-state index in [2.05, 4.69) is 45.0 Å². The number of nitrogens with zero attached hydrogens (tertiary/aromatic N) is 2. The molecular formula is C14H27N3O. The first-order valence-electron chi connectivity index (χ1n) is 6.64. The lowest BCUT2D eigenvalue weighted by molar-refractivity contribution is 0.239. The molecule has 0 fully saturated rings. The largest absolute Gasteiger partial charge is 0.394 e. The first-order chi connectivity index (χ1) is 8.25. The van der Waals surface area contributed by atoms with Crippen LogP contribution in [0.4, 0.5) is 0 Å². The van der Waals surface area contributed by atoms with Crippen molar-refractivity contribution in [3.8, 4) is 0 Å². The van der Waals surface area contributed by atoms with Gasteiger partial charge in [-0.25, -0.2) is 0 Å². The van der Waals surface area contributed by atoms with E-state index in [1.165, 1.54) is 0 Å². The van der Waals surface area contributed by atoms with Gasteiger partial charge >= 0.3 is 0 Å². The highest BCUT2D eigenvalue weighted by Gasteiger charge is 2.26.